The lowest BCUT2D eigenvalue weighted by Crippen LogP contribution is -2.52. The maximum absolute atomic E-state index is 13.0. The maximum atomic E-state index is 13.0. The van der Waals surface area contributed by atoms with E-state index in [0.29, 0.717) is 12.5 Å². The quantitative estimate of drug-likeness (QED) is 0.837. The highest BCUT2D eigenvalue weighted by molar-refractivity contribution is 5.81. The van der Waals surface area contributed by atoms with Crippen LogP contribution in [0.25, 0.3) is 0 Å². The summed E-state index contributed by atoms with van der Waals surface area (Å²) < 4.78 is 11.3. The van der Waals surface area contributed by atoms with Crippen LogP contribution in [0.4, 0.5) is 0 Å². The highest BCUT2D eigenvalue weighted by Crippen LogP contribution is 2.22. The number of carbonyl (C=O) groups is 1. The minimum Gasteiger partial charge on any atom is -0.381 e. The van der Waals surface area contributed by atoms with Gasteiger partial charge in [-0.3, -0.25) is 9.69 Å². The van der Waals surface area contributed by atoms with E-state index in [0.717, 1.165) is 65.2 Å². The fourth-order valence-electron chi connectivity index (χ4n) is 4.20. The Labute approximate surface area is 149 Å². The summed E-state index contributed by atoms with van der Waals surface area (Å²) >= 11 is 0. The van der Waals surface area contributed by atoms with Crippen molar-refractivity contribution in [1.82, 2.24) is 9.80 Å². The van der Waals surface area contributed by atoms with Gasteiger partial charge in [-0.05, 0) is 36.3 Å². The van der Waals surface area contributed by atoms with Crippen LogP contribution < -0.4 is 0 Å². The van der Waals surface area contributed by atoms with Gasteiger partial charge in [0.05, 0.1) is 6.61 Å². The molecular weight excluding hydrogens is 316 g/mol. The number of ether oxygens (including phenoxy) is 2. The van der Waals surface area contributed by atoms with Gasteiger partial charge < -0.3 is 14.4 Å². The van der Waals surface area contributed by atoms with Crippen LogP contribution >= 0.6 is 0 Å². The molecule has 0 aromatic heterocycles. The second kappa shape index (κ2) is 7.85. The molecule has 1 atom stereocenters. The maximum Gasteiger partial charge on any atom is 0.253 e. The zero-order valence-corrected chi connectivity index (χ0v) is 14.9. The minimum atomic E-state index is -0.307. The molecule has 2 saturated heterocycles. The number of fused-ring (bicyclic) bond motifs is 1. The second-order valence-corrected chi connectivity index (χ2v) is 7.45. The van der Waals surface area contributed by atoms with Gasteiger partial charge in [-0.25, -0.2) is 0 Å². The fraction of sp³-hybridized carbons (Fsp3) is 0.650. The van der Waals surface area contributed by atoms with Crippen molar-refractivity contribution in [3.05, 3.63) is 35.4 Å². The molecule has 136 valence electrons. The van der Waals surface area contributed by atoms with Gasteiger partial charge in [0.2, 0.25) is 0 Å². The average Bonchev–Trinajstić information content (AvgIpc) is 2.68. The first kappa shape index (κ1) is 17.0. The van der Waals surface area contributed by atoms with E-state index in [9.17, 15) is 4.79 Å². The molecule has 1 amide bonds. The van der Waals surface area contributed by atoms with Gasteiger partial charge in [0, 0.05) is 45.9 Å². The van der Waals surface area contributed by atoms with Crippen LogP contribution in [0, 0.1) is 5.92 Å². The monoisotopic (exact) mass is 344 g/mol. The molecule has 3 aliphatic rings. The van der Waals surface area contributed by atoms with Gasteiger partial charge in [0.1, 0.15) is 6.10 Å². The van der Waals surface area contributed by atoms with Crippen LogP contribution in [0.3, 0.4) is 0 Å². The van der Waals surface area contributed by atoms with Crippen molar-refractivity contribution in [2.24, 2.45) is 5.92 Å². The van der Waals surface area contributed by atoms with E-state index >= 15 is 0 Å². The molecule has 3 aliphatic heterocycles. The summed E-state index contributed by atoms with van der Waals surface area (Å²) in [5.41, 5.74) is 2.65. The zero-order valence-electron chi connectivity index (χ0n) is 14.9. The van der Waals surface area contributed by atoms with Gasteiger partial charge >= 0.3 is 0 Å². The van der Waals surface area contributed by atoms with Crippen molar-refractivity contribution < 1.29 is 14.3 Å². The summed E-state index contributed by atoms with van der Waals surface area (Å²) in [4.78, 5) is 17.3. The van der Waals surface area contributed by atoms with E-state index < -0.39 is 0 Å². The van der Waals surface area contributed by atoms with E-state index in [1.165, 1.54) is 11.1 Å². The first-order chi connectivity index (χ1) is 12.3. The Morgan fingerprint density at radius 1 is 1.08 bits per heavy atom. The van der Waals surface area contributed by atoms with Crippen molar-refractivity contribution in [2.45, 2.75) is 31.9 Å². The predicted molar refractivity (Wildman–Crippen MR) is 95.3 cm³/mol. The molecular formula is C20H28N2O3. The number of carbonyl (C=O) groups excluding carboxylic acids is 1. The number of rotatable bonds is 3. The van der Waals surface area contributed by atoms with E-state index in [4.69, 9.17) is 9.47 Å². The van der Waals surface area contributed by atoms with Gasteiger partial charge in [-0.2, -0.15) is 0 Å². The first-order valence-corrected chi connectivity index (χ1v) is 9.57. The third-order valence-corrected chi connectivity index (χ3v) is 5.73. The second-order valence-electron chi connectivity index (χ2n) is 7.45. The standard InChI is InChI=1S/C20H28N2O3/c23-20(22-8-5-17-3-1-2-4-18(17)14-22)19-15-21(9-12-25-19)13-16-6-10-24-11-7-16/h1-4,16,19H,5-15H2. The molecule has 5 heteroatoms. The molecule has 3 heterocycles. The summed E-state index contributed by atoms with van der Waals surface area (Å²) in [6.45, 7) is 6.67. The van der Waals surface area contributed by atoms with Crippen molar-refractivity contribution in [1.29, 1.82) is 0 Å². The minimum absolute atomic E-state index is 0.159. The Bertz CT molecular complexity index is 600. The van der Waals surface area contributed by atoms with E-state index in [-0.39, 0.29) is 12.0 Å². The SMILES string of the molecule is O=C(C1CN(CC2CCOCC2)CCO1)N1CCc2ccccc2C1. The van der Waals surface area contributed by atoms with Gasteiger partial charge in [0.15, 0.2) is 0 Å². The Morgan fingerprint density at radius 3 is 2.72 bits per heavy atom. The zero-order chi connectivity index (χ0) is 17.1. The number of benzene rings is 1. The van der Waals surface area contributed by atoms with Crippen LogP contribution in [-0.2, 0) is 27.2 Å². The number of amides is 1. The van der Waals surface area contributed by atoms with Crippen LogP contribution in [0.5, 0.6) is 0 Å². The van der Waals surface area contributed by atoms with E-state index in [1.807, 2.05) is 4.90 Å². The summed E-state index contributed by atoms with van der Waals surface area (Å²) in [7, 11) is 0. The van der Waals surface area contributed by atoms with Gasteiger partial charge in [0.25, 0.3) is 5.91 Å². The Hall–Kier alpha value is -1.43. The molecule has 0 spiro atoms. The highest BCUT2D eigenvalue weighted by atomic mass is 16.5. The largest absolute Gasteiger partial charge is 0.381 e. The van der Waals surface area contributed by atoms with Crippen LogP contribution in [0.2, 0.25) is 0 Å². The van der Waals surface area contributed by atoms with Crippen molar-refractivity contribution in [3.8, 4) is 0 Å². The normalized spacial score (nSPS) is 25.6. The van der Waals surface area contributed by atoms with Crippen LogP contribution in [-0.4, -0.2) is 67.8 Å². The Kier molecular flexibility index (Phi) is 5.34. The summed E-state index contributed by atoms with van der Waals surface area (Å²) in [6.07, 6.45) is 2.91. The molecule has 2 fully saturated rings. The van der Waals surface area contributed by atoms with Gasteiger partial charge in [-0.15, -0.1) is 0 Å². The number of hydrogen-bond acceptors (Lipinski definition) is 4. The van der Waals surface area contributed by atoms with Crippen LogP contribution in [0.15, 0.2) is 24.3 Å². The molecule has 0 bridgehead atoms. The molecule has 0 saturated carbocycles. The molecule has 4 rings (SSSR count). The Balaban J connectivity index is 1.34. The van der Waals surface area contributed by atoms with Crippen molar-refractivity contribution >= 4 is 5.91 Å². The van der Waals surface area contributed by atoms with Gasteiger partial charge in [-0.1, -0.05) is 24.3 Å². The molecule has 5 nitrogen and oxygen atoms in total. The molecule has 1 unspecified atom stereocenters. The number of hydrogen-bond donors (Lipinski definition) is 0. The molecule has 1 aromatic carbocycles. The summed E-state index contributed by atoms with van der Waals surface area (Å²) in [5, 5.41) is 0. The Morgan fingerprint density at radius 2 is 1.88 bits per heavy atom. The van der Waals surface area contributed by atoms with Crippen molar-refractivity contribution in [3.63, 3.8) is 0 Å². The smallest absolute Gasteiger partial charge is 0.253 e. The van der Waals surface area contributed by atoms with E-state index in [2.05, 4.69) is 29.2 Å². The lowest BCUT2D eigenvalue weighted by molar-refractivity contribution is -0.151. The fourth-order valence-corrected chi connectivity index (χ4v) is 4.20. The third kappa shape index (κ3) is 4.05. The molecule has 0 N–H and O–H groups in total. The summed E-state index contributed by atoms with van der Waals surface area (Å²) in [6, 6.07) is 8.44. The number of nitrogens with zero attached hydrogens (tertiary/aromatic N) is 2. The molecule has 0 aliphatic carbocycles. The molecule has 25 heavy (non-hydrogen) atoms. The van der Waals surface area contributed by atoms with E-state index in [1.54, 1.807) is 0 Å². The molecule has 0 radical (unpaired) electrons. The number of morpholine rings is 1. The third-order valence-electron chi connectivity index (χ3n) is 5.73. The van der Waals surface area contributed by atoms with Crippen molar-refractivity contribution in [2.75, 3.05) is 46.0 Å². The summed E-state index contributed by atoms with van der Waals surface area (Å²) in [5.74, 6) is 0.857. The average molecular weight is 344 g/mol. The first-order valence-electron chi connectivity index (χ1n) is 9.57. The van der Waals surface area contributed by atoms with Crippen LogP contribution in [0.1, 0.15) is 24.0 Å². The predicted octanol–water partition coefficient (Wildman–Crippen LogP) is 1.70. The highest BCUT2D eigenvalue weighted by Gasteiger charge is 2.32. The topological polar surface area (TPSA) is 42.0 Å². The molecule has 1 aromatic rings. The lowest BCUT2D eigenvalue weighted by Gasteiger charge is -2.38. The lowest BCUT2D eigenvalue weighted by atomic mass is 9.98.